The van der Waals surface area contributed by atoms with Crippen LogP contribution in [0, 0.1) is 0 Å². The molecule has 1 fully saturated rings. The van der Waals surface area contributed by atoms with Crippen molar-refractivity contribution in [3.8, 4) is 0 Å². The van der Waals surface area contributed by atoms with Gasteiger partial charge < -0.3 is 19.9 Å². The summed E-state index contributed by atoms with van der Waals surface area (Å²) in [5, 5.41) is 3.10. The van der Waals surface area contributed by atoms with Crippen molar-refractivity contribution in [1.82, 2.24) is 19.8 Å². The van der Waals surface area contributed by atoms with Gasteiger partial charge in [-0.2, -0.15) is 0 Å². The van der Waals surface area contributed by atoms with E-state index in [1.807, 2.05) is 0 Å². The van der Waals surface area contributed by atoms with E-state index in [0.29, 0.717) is 49.9 Å². The van der Waals surface area contributed by atoms with Crippen molar-refractivity contribution in [1.29, 1.82) is 0 Å². The molecule has 0 atom stereocenters. The van der Waals surface area contributed by atoms with E-state index in [-0.39, 0.29) is 23.5 Å². The first-order valence-corrected chi connectivity index (χ1v) is 9.39. The van der Waals surface area contributed by atoms with Gasteiger partial charge in [0, 0.05) is 44.9 Å². The lowest BCUT2D eigenvalue weighted by Crippen LogP contribution is -2.50. The Morgan fingerprint density at radius 1 is 1.03 bits per heavy atom. The van der Waals surface area contributed by atoms with Gasteiger partial charge in [0.25, 0.3) is 5.91 Å². The summed E-state index contributed by atoms with van der Waals surface area (Å²) in [7, 11) is 0. The van der Waals surface area contributed by atoms with Crippen molar-refractivity contribution in [2.45, 2.75) is 13.8 Å². The number of carbonyl (C=O) groups is 3. The number of hydrogen-bond acceptors (Lipinski definition) is 7. The van der Waals surface area contributed by atoms with Crippen LogP contribution in [0.4, 0.5) is 11.5 Å². The Morgan fingerprint density at radius 3 is 2.31 bits per heavy atom. The molecular weight excluding hydrogens is 374 g/mol. The molecule has 0 saturated carbocycles. The fourth-order valence-corrected chi connectivity index (χ4v) is 2.98. The molecule has 2 aromatic rings. The van der Waals surface area contributed by atoms with Crippen molar-refractivity contribution in [2.75, 3.05) is 38.1 Å². The van der Waals surface area contributed by atoms with Gasteiger partial charge in [0.1, 0.15) is 17.8 Å². The normalized spacial score (nSPS) is 13.7. The van der Waals surface area contributed by atoms with E-state index < -0.39 is 0 Å². The van der Waals surface area contributed by atoms with Crippen molar-refractivity contribution < 1.29 is 19.1 Å². The number of amides is 2. The molecule has 3 rings (SSSR count). The van der Waals surface area contributed by atoms with Crippen molar-refractivity contribution >= 4 is 29.3 Å². The second-order valence-corrected chi connectivity index (χ2v) is 6.51. The molecule has 1 aromatic heterocycles. The van der Waals surface area contributed by atoms with Gasteiger partial charge in [-0.3, -0.25) is 9.59 Å². The molecule has 1 aliphatic heterocycles. The SMILES string of the molecule is CCOC(=O)c1ccc(Nc2cc(C(=O)N3CCN(C(C)=O)CC3)ncn2)cc1. The van der Waals surface area contributed by atoms with Gasteiger partial charge in [-0.1, -0.05) is 0 Å². The second kappa shape index (κ2) is 9.13. The molecule has 9 nitrogen and oxygen atoms in total. The number of esters is 1. The summed E-state index contributed by atoms with van der Waals surface area (Å²) < 4.78 is 4.96. The van der Waals surface area contributed by atoms with Crippen LogP contribution in [-0.2, 0) is 9.53 Å². The number of aromatic nitrogens is 2. The fourth-order valence-electron chi connectivity index (χ4n) is 2.98. The highest BCUT2D eigenvalue weighted by molar-refractivity contribution is 5.93. The topological polar surface area (TPSA) is 105 Å². The summed E-state index contributed by atoms with van der Waals surface area (Å²) in [4.78, 5) is 47.5. The lowest BCUT2D eigenvalue weighted by Gasteiger charge is -2.34. The molecule has 0 spiro atoms. The average molecular weight is 397 g/mol. The average Bonchev–Trinajstić information content (AvgIpc) is 2.74. The molecular formula is C20H23N5O4. The summed E-state index contributed by atoms with van der Waals surface area (Å²) in [6.45, 7) is 5.58. The van der Waals surface area contributed by atoms with Crippen LogP contribution in [0.1, 0.15) is 34.7 Å². The Labute approximate surface area is 168 Å². The van der Waals surface area contributed by atoms with Gasteiger partial charge in [0.05, 0.1) is 12.2 Å². The third kappa shape index (κ3) is 5.07. The molecule has 1 saturated heterocycles. The first-order chi connectivity index (χ1) is 14.0. The molecule has 0 bridgehead atoms. The number of nitrogens with zero attached hydrogens (tertiary/aromatic N) is 4. The number of hydrogen-bond donors (Lipinski definition) is 1. The van der Waals surface area contributed by atoms with Gasteiger partial charge in [-0.15, -0.1) is 0 Å². The number of benzene rings is 1. The van der Waals surface area contributed by atoms with E-state index in [1.54, 1.807) is 47.1 Å². The van der Waals surface area contributed by atoms with E-state index in [9.17, 15) is 14.4 Å². The maximum absolute atomic E-state index is 12.7. The van der Waals surface area contributed by atoms with Crippen LogP contribution >= 0.6 is 0 Å². The van der Waals surface area contributed by atoms with Crippen molar-refractivity contribution in [3.05, 3.63) is 47.9 Å². The first kappa shape index (κ1) is 20.2. The van der Waals surface area contributed by atoms with Gasteiger partial charge >= 0.3 is 5.97 Å². The second-order valence-electron chi connectivity index (χ2n) is 6.51. The van der Waals surface area contributed by atoms with Crippen LogP contribution in [0.2, 0.25) is 0 Å². The highest BCUT2D eigenvalue weighted by atomic mass is 16.5. The van der Waals surface area contributed by atoms with E-state index in [0.717, 1.165) is 0 Å². The highest BCUT2D eigenvalue weighted by Crippen LogP contribution is 2.17. The van der Waals surface area contributed by atoms with E-state index in [4.69, 9.17) is 4.74 Å². The predicted molar refractivity (Wildman–Crippen MR) is 106 cm³/mol. The zero-order valence-electron chi connectivity index (χ0n) is 16.4. The fraction of sp³-hybridized carbons (Fsp3) is 0.350. The predicted octanol–water partition coefficient (Wildman–Crippen LogP) is 1.70. The number of nitrogens with one attached hydrogen (secondary N) is 1. The zero-order valence-corrected chi connectivity index (χ0v) is 16.4. The van der Waals surface area contributed by atoms with Gasteiger partial charge in [-0.25, -0.2) is 14.8 Å². The minimum Gasteiger partial charge on any atom is -0.462 e. The molecule has 29 heavy (non-hydrogen) atoms. The summed E-state index contributed by atoms with van der Waals surface area (Å²) >= 11 is 0. The third-order valence-corrected chi connectivity index (χ3v) is 4.57. The number of anilines is 2. The lowest BCUT2D eigenvalue weighted by atomic mass is 10.2. The maximum Gasteiger partial charge on any atom is 0.338 e. The van der Waals surface area contributed by atoms with Gasteiger partial charge in [0.2, 0.25) is 5.91 Å². The molecule has 1 N–H and O–H groups in total. The van der Waals surface area contributed by atoms with E-state index >= 15 is 0 Å². The summed E-state index contributed by atoms with van der Waals surface area (Å²) in [5.41, 5.74) is 1.45. The molecule has 1 aromatic carbocycles. The smallest absolute Gasteiger partial charge is 0.338 e. The number of rotatable bonds is 5. The Balaban J connectivity index is 1.64. The van der Waals surface area contributed by atoms with Crippen molar-refractivity contribution in [3.63, 3.8) is 0 Å². The molecule has 152 valence electrons. The minimum atomic E-state index is -0.376. The standard InChI is InChI=1S/C20H23N5O4/c1-3-29-20(28)15-4-6-16(7-5-15)23-18-12-17(21-13-22-18)19(27)25-10-8-24(9-11-25)14(2)26/h4-7,12-13H,3,8-11H2,1-2H3,(H,21,22,23). The molecule has 1 aliphatic rings. The third-order valence-electron chi connectivity index (χ3n) is 4.57. The monoisotopic (exact) mass is 397 g/mol. The molecule has 2 heterocycles. The van der Waals surface area contributed by atoms with Crippen LogP contribution < -0.4 is 5.32 Å². The largest absolute Gasteiger partial charge is 0.462 e. The van der Waals surface area contributed by atoms with Crippen LogP contribution in [0.25, 0.3) is 0 Å². The number of carbonyl (C=O) groups excluding carboxylic acids is 3. The van der Waals surface area contributed by atoms with E-state index in [2.05, 4.69) is 15.3 Å². The van der Waals surface area contributed by atoms with Crippen LogP contribution in [-0.4, -0.2) is 70.3 Å². The molecule has 0 unspecified atom stereocenters. The number of ether oxygens (including phenoxy) is 1. The molecule has 0 radical (unpaired) electrons. The maximum atomic E-state index is 12.7. The minimum absolute atomic E-state index is 0.0135. The lowest BCUT2D eigenvalue weighted by molar-refractivity contribution is -0.130. The van der Waals surface area contributed by atoms with Gasteiger partial charge in [-0.05, 0) is 31.2 Å². The Bertz CT molecular complexity index is 892. The van der Waals surface area contributed by atoms with Crippen LogP contribution in [0.3, 0.4) is 0 Å². The summed E-state index contributed by atoms with van der Waals surface area (Å²) in [5.74, 6) is -0.0932. The number of piperazine rings is 1. The first-order valence-electron chi connectivity index (χ1n) is 9.39. The van der Waals surface area contributed by atoms with Gasteiger partial charge in [0.15, 0.2) is 0 Å². The molecule has 2 amide bonds. The van der Waals surface area contributed by atoms with Crippen LogP contribution in [0.15, 0.2) is 36.7 Å². The highest BCUT2D eigenvalue weighted by Gasteiger charge is 2.24. The Hall–Kier alpha value is -3.49. The summed E-state index contributed by atoms with van der Waals surface area (Å²) in [6.07, 6.45) is 1.33. The summed E-state index contributed by atoms with van der Waals surface area (Å²) in [6, 6.07) is 8.36. The van der Waals surface area contributed by atoms with Crippen LogP contribution in [0.5, 0.6) is 0 Å². The Morgan fingerprint density at radius 2 is 1.69 bits per heavy atom. The van der Waals surface area contributed by atoms with Crippen molar-refractivity contribution in [2.24, 2.45) is 0 Å². The molecule has 9 heteroatoms. The Kier molecular flexibility index (Phi) is 6.38. The quantitative estimate of drug-likeness (QED) is 0.766. The molecule has 0 aliphatic carbocycles. The van der Waals surface area contributed by atoms with E-state index in [1.165, 1.54) is 13.3 Å². The zero-order chi connectivity index (χ0) is 20.8.